The highest BCUT2D eigenvalue weighted by atomic mass is 32.2. The third-order valence-electron chi connectivity index (χ3n) is 3.38. The van der Waals surface area contributed by atoms with Gasteiger partial charge >= 0.3 is 0 Å². The summed E-state index contributed by atoms with van der Waals surface area (Å²) in [5.41, 5.74) is 0. The van der Waals surface area contributed by atoms with Crippen LogP contribution in [-0.4, -0.2) is 48.0 Å². The van der Waals surface area contributed by atoms with E-state index in [4.69, 9.17) is 0 Å². The van der Waals surface area contributed by atoms with Crippen LogP contribution in [0.15, 0.2) is 0 Å². The molecule has 0 radical (unpaired) electrons. The van der Waals surface area contributed by atoms with Gasteiger partial charge in [-0.15, -0.1) is 0 Å². The first kappa shape index (κ1) is 11.3. The van der Waals surface area contributed by atoms with E-state index >= 15 is 0 Å². The number of amides is 1. The van der Waals surface area contributed by atoms with Gasteiger partial charge in [0.15, 0.2) is 0 Å². The van der Waals surface area contributed by atoms with Crippen molar-refractivity contribution in [1.29, 1.82) is 0 Å². The standard InChI is InChI=1S/C11H20N2OS/c1-2-13(10-4-6-15-8-10)11(14)9-3-5-12-7-9/h9-10,12H,2-8H2,1H3/t9-,10+/m1/s1. The van der Waals surface area contributed by atoms with E-state index in [0.29, 0.717) is 11.9 Å². The largest absolute Gasteiger partial charge is 0.339 e. The number of carbonyl (C=O) groups excluding carboxylic acids is 1. The Kier molecular flexibility index (Phi) is 3.92. The fraction of sp³-hybridized carbons (Fsp3) is 0.909. The Morgan fingerprint density at radius 3 is 2.93 bits per heavy atom. The van der Waals surface area contributed by atoms with Crippen molar-refractivity contribution in [1.82, 2.24) is 10.2 Å². The predicted molar refractivity (Wildman–Crippen MR) is 64.1 cm³/mol. The molecule has 0 aromatic heterocycles. The maximum Gasteiger partial charge on any atom is 0.227 e. The van der Waals surface area contributed by atoms with E-state index in [2.05, 4.69) is 17.1 Å². The quantitative estimate of drug-likeness (QED) is 0.780. The molecule has 86 valence electrons. The van der Waals surface area contributed by atoms with Crippen LogP contribution in [0.1, 0.15) is 19.8 Å². The minimum Gasteiger partial charge on any atom is -0.339 e. The maximum absolute atomic E-state index is 12.2. The summed E-state index contributed by atoms with van der Waals surface area (Å²) in [6, 6.07) is 0.507. The molecule has 2 aliphatic rings. The van der Waals surface area contributed by atoms with Crippen molar-refractivity contribution in [3.8, 4) is 0 Å². The molecule has 1 N–H and O–H groups in total. The summed E-state index contributed by atoms with van der Waals surface area (Å²) in [5, 5.41) is 3.27. The zero-order chi connectivity index (χ0) is 10.7. The van der Waals surface area contributed by atoms with Gasteiger partial charge in [-0.2, -0.15) is 11.8 Å². The van der Waals surface area contributed by atoms with E-state index in [9.17, 15) is 4.79 Å². The van der Waals surface area contributed by atoms with Gasteiger partial charge in [-0.3, -0.25) is 4.79 Å². The molecule has 2 atom stereocenters. The van der Waals surface area contributed by atoms with Gasteiger partial charge in [0.1, 0.15) is 0 Å². The minimum absolute atomic E-state index is 0.246. The highest BCUT2D eigenvalue weighted by Crippen LogP contribution is 2.24. The van der Waals surface area contributed by atoms with Crippen LogP contribution in [0, 0.1) is 5.92 Å². The lowest BCUT2D eigenvalue weighted by Crippen LogP contribution is -2.44. The number of nitrogens with one attached hydrogen (secondary N) is 1. The van der Waals surface area contributed by atoms with Crippen LogP contribution in [0.5, 0.6) is 0 Å². The normalized spacial score (nSPS) is 30.7. The summed E-state index contributed by atoms with van der Waals surface area (Å²) in [6.07, 6.45) is 2.21. The first-order valence-corrected chi connectivity index (χ1v) is 7.07. The summed E-state index contributed by atoms with van der Waals surface area (Å²) >= 11 is 1.98. The van der Waals surface area contributed by atoms with Crippen molar-refractivity contribution in [3.63, 3.8) is 0 Å². The van der Waals surface area contributed by atoms with Gasteiger partial charge in [0.2, 0.25) is 5.91 Å². The van der Waals surface area contributed by atoms with Gasteiger partial charge in [0.25, 0.3) is 0 Å². The highest BCUT2D eigenvalue weighted by Gasteiger charge is 2.31. The average molecular weight is 228 g/mol. The van der Waals surface area contributed by atoms with Gasteiger partial charge in [-0.25, -0.2) is 0 Å². The highest BCUT2D eigenvalue weighted by molar-refractivity contribution is 7.99. The Labute approximate surface area is 96.0 Å². The first-order chi connectivity index (χ1) is 7.33. The predicted octanol–water partition coefficient (Wildman–Crippen LogP) is 0.950. The SMILES string of the molecule is CCN(C(=O)[C@@H]1CCNC1)[C@H]1CCSC1. The second-order valence-electron chi connectivity index (χ2n) is 4.33. The molecule has 0 aliphatic carbocycles. The van der Waals surface area contributed by atoms with Crippen molar-refractivity contribution in [3.05, 3.63) is 0 Å². The molecular weight excluding hydrogens is 208 g/mol. The molecule has 15 heavy (non-hydrogen) atoms. The molecule has 0 spiro atoms. The third kappa shape index (κ3) is 2.48. The number of hydrogen-bond donors (Lipinski definition) is 1. The number of thioether (sulfide) groups is 1. The van der Waals surface area contributed by atoms with E-state index in [1.165, 1.54) is 12.2 Å². The van der Waals surface area contributed by atoms with Crippen LogP contribution >= 0.6 is 11.8 Å². The molecule has 2 fully saturated rings. The molecule has 0 aromatic carbocycles. The van der Waals surface area contributed by atoms with E-state index in [1.807, 2.05) is 11.8 Å². The summed E-state index contributed by atoms with van der Waals surface area (Å²) in [6.45, 7) is 4.87. The Hall–Kier alpha value is -0.220. The smallest absolute Gasteiger partial charge is 0.227 e. The van der Waals surface area contributed by atoms with Crippen molar-refractivity contribution in [2.75, 3.05) is 31.1 Å². The van der Waals surface area contributed by atoms with E-state index in [0.717, 1.165) is 31.8 Å². The van der Waals surface area contributed by atoms with Crippen LogP contribution < -0.4 is 5.32 Å². The van der Waals surface area contributed by atoms with Gasteiger partial charge in [0, 0.05) is 24.9 Å². The van der Waals surface area contributed by atoms with E-state index < -0.39 is 0 Å². The van der Waals surface area contributed by atoms with Crippen molar-refractivity contribution in [2.24, 2.45) is 5.92 Å². The lowest BCUT2D eigenvalue weighted by atomic mass is 10.1. The number of nitrogens with zero attached hydrogens (tertiary/aromatic N) is 1. The van der Waals surface area contributed by atoms with Crippen LogP contribution in [0.3, 0.4) is 0 Å². The lowest BCUT2D eigenvalue weighted by Gasteiger charge is -2.29. The number of rotatable bonds is 3. The van der Waals surface area contributed by atoms with Gasteiger partial charge < -0.3 is 10.2 Å². The van der Waals surface area contributed by atoms with E-state index in [1.54, 1.807) is 0 Å². The van der Waals surface area contributed by atoms with Crippen LogP contribution in [0.4, 0.5) is 0 Å². The Bertz CT molecular complexity index is 223. The van der Waals surface area contributed by atoms with Crippen molar-refractivity contribution < 1.29 is 4.79 Å². The Morgan fingerprint density at radius 2 is 2.40 bits per heavy atom. The van der Waals surface area contributed by atoms with Crippen LogP contribution in [-0.2, 0) is 4.79 Å². The maximum atomic E-state index is 12.2. The number of hydrogen-bond acceptors (Lipinski definition) is 3. The molecule has 2 heterocycles. The lowest BCUT2D eigenvalue weighted by molar-refractivity contribution is -0.136. The van der Waals surface area contributed by atoms with Crippen molar-refractivity contribution in [2.45, 2.75) is 25.8 Å². The Balaban J connectivity index is 1.95. The molecule has 4 heteroatoms. The molecule has 0 aromatic rings. The van der Waals surface area contributed by atoms with E-state index in [-0.39, 0.29) is 5.92 Å². The summed E-state index contributed by atoms with van der Waals surface area (Å²) in [7, 11) is 0. The zero-order valence-corrected chi connectivity index (χ0v) is 10.2. The fourth-order valence-electron chi connectivity index (χ4n) is 2.46. The molecule has 2 rings (SSSR count). The third-order valence-corrected chi connectivity index (χ3v) is 4.52. The molecule has 0 saturated carbocycles. The minimum atomic E-state index is 0.246. The molecule has 0 unspecified atom stereocenters. The van der Waals surface area contributed by atoms with Gasteiger partial charge in [0.05, 0.1) is 5.92 Å². The summed E-state index contributed by atoms with van der Waals surface area (Å²) < 4.78 is 0. The van der Waals surface area contributed by atoms with Gasteiger partial charge in [-0.1, -0.05) is 0 Å². The molecule has 2 aliphatic heterocycles. The molecule has 1 amide bonds. The molecule has 3 nitrogen and oxygen atoms in total. The van der Waals surface area contributed by atoms with Gasteiger partial charge in [-0.05, 0) is 32.1 Å². The van der Waals surface area contributed by atoms with Crippen LogP contribution in [0.25, 0.3) is 0 Å². The summed E-state index contributed by atoms with van der Waals surface area (Å²) in [4.78, 5) is 14.3. The molecule has 0 bridgehead atoms. The second-order valence-corrected chi connectivity index (χ2v) is 5.48. The second kappa shape index (κ2) is 5.21. The Morgan fingerprint density at radius 1 is 1.53 bits per heavy atom. The average Bonchev–Trinajstić information content (AvgIpc) is 2.91. The molecular formula is C11H20N2OS. The summed E-state index contributed by atoms with van der Waals surface area (Å²) in [5.74, 6) is 2.99. The molecule has 2 saturated heterocycles. The fourth-order valence-corrected chi connectivity index (χ4v) is 3.69. The zero-order valence-electron chi connectivity index (χ0n) is 9.37. The first-order valence-electron chi connectivity index (χ1n) is 5.92. The van der Waals surface area contributed by atoms with Crippen molar-refractivity contribution >= 4 is 17.7 Å². The topological polar surface area (TPSA) is 32.3 Å². The van der Waals surface area contributed by atoms with Crippen LogP contribution in [0.2, 0.25) is 0 Å². The monoisotopic (exact) mass is 228 g/mol. The number of carbonyl (C=O) groups is 1.